The van der Waals surface area contributed by atoms with Gasteiger partial charge in [0.1, 0.15) is 18.8 Å². The maximum Gasteiger partial charge on any atom is 0.411 e. The lowest BCUT2D eigenvalue weighted by Crippen LogP contribution is -2.47. The quantitative estimate of drug-likeness (QED) is 0.707. The van der Waals surface area contributed by atoms with Crippen molar-refractivity contribution in [1.29, 1.82) is 5.26 Å². The Hall–Kier alpha value is -3.58. The predicted octanol–water partition coefficient (Wildman–Crippen LogP) is 2.38. The van der Waals surface area contributed by atoms with Crippen molar-refractivity contribution in [2.24, 2.45) is 0 Å². The summed E-state index contributed by atoms with van der Waals surface area (Å²) in [5.41, 5.74) is 1.74. The van der Waals surface area contributed by atoms with E-state index >= 15 is 0 Å². The number of halogens is 1. The predicted molar refractivity (Wildman–Crippen MR) is 113 cm³/mol. The molecule has 1 aromatic carbocycles. The van der Waals surface area contributed by atoms with Crippen LogP contribution in [0.5, 0.6) is 0 Å². The van der Waals surface area contributed by atoms with Crippen LogP contribution in [0.15, 0.2) is 24.3 Å². The van der Waals surface area contributed by atoms with Gasteiger partial charge in [0.2, 0.25) is 5.91 Å². The lowest BCUT2D eigenvalue weighted by atomic mass is 10.1. The number of benzene rings is 1. The summed E-state index contributed by atoms with van der Waals surface area (Å²) in [7, 11) is 2.77. The molecule has 0 unspecified atom stereocenters. The Morgan fingerprint density at radius 2 is 2.16 bits per heavy atom. The highest BCUT2D eigenvalue weighted by molar-refractivity contribution is 6.31. The number of fused-ring (bicyclic) bond motifs is 1. The molecule has 0 spiro atoms. The van der Waals surface area contributed by atoms with Crippen LogP contribution in [0.4, 0.5) is 10.5 Å². The van der Waals surface area contributed by atoms with E-state index in [0.29, 0.717) is 34.2 Å². The highest BCUT2D eigenvalue weighted by Crippen LogP contribution is 2.32. The van der Waals surface area contributed by atoms with Gasteiger partial charge in [-0.3, -0.25) is 19.6 Å². The summed E-state index contributed by atoms with van der Waals surface area (Å²) in [4.78, 5) is 39.7. The zero-order valence-electron chi connectivity index (χ0n) is 17.3. The first-order valence-electron chi connectivity index (χ1n) is 9.39. The number of ether oxygens (including phenoxy) is 1. The van der Waals surface area contributed by atoms with Gasteiger partial charge in [-0.15, -0.1) is 0 Å². The number of likely N-dealkylation sites (N-methyl/N-ethyl adjacent to an activating group) is 1. The molecule has 1 aromatic heterocycles. The Morgan fingerprint density at radius 3 is 2.84 bits per heavy atom. The van der Waals surface area contributed by atoms with Gasteiger partial charge >= 0.3 is 6.09 Å². The Kier molecular flexibility index (Phi) is 6.46. The average molecular weight is 445 g/mol. The van der Waals surface area contributed by atoms with Crippen molar-refractivity contribution in [2.75, 3.05) is 39.1 Å². The van der Waals surface area contributed by atoms with Crippen molar-refractivity contribution < 1.29 is 19.1 Å². The SMILES string of the molecule is COC(=O)Nc1cc(Cl)ccc1-c1cc2n(n1)[C@@H](C)CN(CC(=O)N(C)CC#N)C2=O. The minimum Gasteiger partial charge on any atom is -0.453 e. The van der Waals surface area contributed by atoms with Crippen LogP contribution in [-0.2, 0) is 9.53 Å². The van der Waals surface area contributed by atoms with Gasteiger partial charge in [0.05, 0.1) is 30.6 Å². The minimum absolute atomic E-state index is 0.0506. The number of rotatable bonds is 5. The molecule has 2 heterocycles. The largest absolute Gasteiger partial charge is 0.453 e. The Labute approximate surface area is 183 Å². The Morgan fingerprint density at radius 1 is 1.42 bits per heavy atom. The highest BCUT2D eigenvalue weighted by atomic mass is 35.5. The maximum absolute atomic E-state index is 13.0. The van der Waals surface area contributed by atoms with Crippen molar-refractivity contribution in [1.82, 2.24) is 19.6 Å². The number of hydrogen-bond acceptors (Lipinski definition) is 6. The van der Waals surface area contributed by atoms with Crippen LogP contribution in [-0.4, -0.2) is 71.3 Å². The van der Waals surface area contributed by atoms with Gasteiger partial charge in [0, 0.05) is 24.2 Å². The second-order valence-electron chi connectivity index (χ2n) is 7.11. The molecule has 0 bridgehead atoms. The number of aromatic nitrogens is 2. The monoisotopic (exact) mass is 444 g/mol. The van der Waals surface area contributed by atoms with Crippen molar-refractivity contribution in [3.05, 3.63) is 35.0 Å². The summed E-state index contributed by atoms with van der Waals surface area (Å²) < 4.78 is 6.26. The molecule has 31 heavy (non-hydrogen) atoms. The van der Waals surface area contributed by atoms with Gasteiger partial charge < -0.3 is 14.5 Å². The number of nitrogens with zero attached hydrogens (tertiary/aromatic N) is 5. The highest BCUT2D eigenvalue weighted by Gasteiger charge is 2.33. The van der Waals surface area contributed by atoms with Gasteiger partial charge in [-0.1, -0.05) is 11.6 Å². The third kappa shape index (κ3) is 4.62. The van der Waals surface area contributed by atoms with E-state index in [1.165, 1.54) is 24.0 Å². The summed E-state index contributed by atoms with van der Waals surface area (Å²) in [6, 6.07) is 8.24. The van der Waals surface area contributed by atoms with Crippen LogP contribution in [0.1, 0.15) is 23.5 Å². The molecule has 0 saturated carbocycles. The summed E-state index contributed by atoms with van der Waals surface area (Å²) >= 11 is 6.06. The molecule has 11 heteroatoms. The van der Waals surface area contributed by atoms with Crippen LogP contribution in [0.3, 0.4) is 0 Å². The first kappa shape index (κ1) is 22.1. The lowest BCUT2D eigenvalue weighted by molar-refractivity contribution is -0.130. The van der Waals surface area contributed by atoms with E-state index in [9.17, 15) is 14.4 Å². The van der Waals surface area contributed by atoms with Crippen LogP contribution in [0.2, 0.25) is 5.02 Å². The molecule has 0 radical (unpaired) electrons. The third-order valence-electron chi connectivity index (χ3n) is 4.88. The first-order valence-corrected chi connectivity index (χ1v) is 9.77. The third-order valence-corrected chi connectivity index (χ3v) is 5.12. The number of nitriles is 1. The number of carbonyl (C=O) groups excluding carboxylic acids is 3. The second-order valence-corrected chi connectivity index (χ2v) is 7.54. The Balaban J connectivity index is 1.92. The molecule has 1 aliphatic heterocycles. The zero-order chi connectivity index (χ0) is 22.7. The fourth-order valence-electron chi connectivity index (χ4n) is 3.28. The zero-order valence-corrected chi connectivity index (χ0v) is 18.0. The van der Waals surface area contributed by atoms with Crippen molar-refractivity contribution in [2.45, 2.75) is 13.0 Å². The van der Waals surface area contributed by atoms with E-state index in [0.717, 1.165) is 0 Å². The average Bonchev–Trinajstić information content (AvgIpc) is 3.18. The minimum atomic E-state index is -0.664. The summed E-state index contributed by atoms with van der Waals surface area (Å²) in [6.07, 6.45) is -0.664. The molecule has 1 N–H and O–H groups in total. The van der Waals surface area contributed by atoms with E-state index in [-0.39, 0.29) is 30.9 Å². The van der Waals surface area contributed by atoms with Gasteiger partial charge in [0.25, 0.3) is 5.91 Å². The molecule has 0 aliphatic carbocycles. The van der Waals surface area contributed by atoms with Gasteiger partial charge in [0.15, 0.2) is 0 Å². The smallest absolute Gasteiger partial charge is 0.411 e. The number of nitrogens with one attached hydrogen (secondary N) is 1. The molecule has 3 rings (SSSR count). The normalized spacial score (nSPS) is 15.1. The molecule has 1 atom stereocenters. The van der Waals surface area contributed by atoms with E-state index in [4.69, 9.17) is 16.9 Å². The maximum atomic E-state index is 13.0. The summed E-state index contributed by atoms with van der Waals surface area (Å²) in [5.74, 6) is -0.662. The first-order chi connectivity index (χ1) is 14.7. The number of carbonyl (C=O) groups is 3. The number of amides is 3. The van der Waals surface area contributed by atoms with Crippen LogP contribution < -0.4 is 5.32 Å². The van der Waals surface area contributed by atoms with E-state index in [1.54, 1.807) is 28.9 Å². The molecule has 0 saturated heterocycles. The van der Waals surface area contributed by atoms with Crippen LogP contribution >= 0.6 is 11.6 Å². The molecular formula is C20H21ClN6O4. The molecule has 2 aromatic rings. The van der Waals surface area contributed by atoms with Gasteiger partial charge in [-0.25, -0.2) is 4.79 Å². The van der Waals surface area contributed by atoms with Crippen LogP contribution in [0, 0.1) is 11.3 Å². The van der Waals surface area contributed by atoms with Crippen molar-refractivity contribution in [3.8, 4) is 17.3 Å². The fourth-order valence-corrected chi connectivity index (χ4v) is 3.45. The summed E-state index contributed by atoms with van der Waals surface area (Å²) in [6.45, 7) is 2.01. The van der Waals surface area contributed by atoms with E-state index in [2.05, 4.69) is 15.2 Å². The fraction of sp³-hybridized carbons (Fsp3) is 0.350. The molecule has 162 valence electrons. The molecule has 1 aliphatic rings. The van der Waals surface area contributed by atoms with E-state index in [1.807, 2.05) is 13.0 Å². The van der Waals surface area contributed by atoms with Crippen LogP contribution in [0.25, 0.3) is 11.3 Å². The van der Waals surface area contributed by atoms with Crippen molar-refractivity contribution >= 4 is 35.2 Å². The standard InChI is InChI=1S/C20H21ClN6O4/c1-12-10-26(11-18(28)25(2)7-6-22)19(29)17-9-16(24-27(12)17)14-5-4-13(21)8-15(14)23-20(30)31-3/h4-5,8-9,12H,7,10-11H2,1-3H3,(H,23,30)/t12-/m0/s1. The van der Waals surface area contributed by atoms with Gasteiger partial charge in [-0.2, -0.15) is 10.4 Å². The second kappa shape index (κ2) is 9.06. The van der Waals surface area contributed by atoms with Gasteiger partial charge in [-0.05, 0) is 31.2 Å². The Bertz CT molecular complexity index is 1080. The molecular weight excluding hydrogens is 424 g/mol. The summed E-state index contributed by atoms with van der Waals surface area (Å²) in [5, 5.41) is 16.3. The topological polar surface area (TPSA) is 121 Å². The lowest BCUT2D eigenvalue weighted by Gasteiger charge is -2.32. The molecule has 10 nitrogen and oxygen atoms in total. The number of anilines is 1. The van der Waals surface area contributed by atoms with Crippen molar-refractivity contribution in [3.63, 3.8) is 0 Å². The number of methoxy groups -OCH3 is 1. The molecule has 3 amide bonds. The molecule has 0 fully saturated rings. The number of hydrogen-bond donors (Lipinski definition) is 1. The van der Waals surface area contributed by atoms with E-state index < -0.39 is 6.09 Å².